The van der Waals surface area contributed by atoms with E-state index in [-0.39, 0.29) is 5.97 Å². The molecule has 1 aliphatic carbocycles. The van der Waals surface area contributed by atoms with E-state index in [1.165, 1.54) is 20.0 Å². The van der Waals surface area contributed by atoms with E-state index in [9.17, 15) is 4.79 Å². The molecule has 1 aromatic rings. The number of pyridine rings is 1. The highest BCUT2D eigenvalue weighted by Crippen LogP contribution is 2.26. The van der Waals surface area contributed by atoms with Crippen LogP contribution in [0.15, 0.2) is 18.3 Å². The van der Waals surface area contributed by atoms with Crippen LogP contribution in [0.25, 0.3) is 0 Å². The van der Waals surface area contributed by atoms with Crippen LogP contribution < -0.4 is 5.32 Å². The zero-order valence-electron chi connectivity index (χ0n) is 11.6. The Morgan fingerprint density at radius 2 is 2.37 bits per heavy atom. The number of hydrogen-bond acceptors (Lipinski definition) is 5. The van der Waals surface area contributed by atoms with Crippen molar-refractivity contribution in [3.05, 3.63) is 23.9 Å². The first kappa shape index (κ1) is 13.8. The van der Waals surface area contributed by atoms with Gasteiger partial charge in [-0.05, 0) is 31.5 Å². The van der Waals surface area contributed by atoms with Crippen molar-refractivity contribution >= 4 is 11.8 Å². The maximum Gasteiger partial charge on any atom is 0.341 e. The van der Waals surface area contributed by atoms with Crippen LogP contribution in [0.1, 0.15) is 30.1 Å². The molecule has 2 rings (SSSR count). The van der Waals surface area contributed by atoms with Gasteiger partial charge in [0.15, 0.2) is 0 Å². The van der Waals surface area contributed by atoms with Gasteiger partial charge in [-0.2, -0.15) is 0 Å². The number of nitrogens with one attached hydrogen (secondary N) is 1. The van der Waals surface area contributed by atoms with Crippen molar-refractivity contribution in [1.82, 2.24) is 9.88 Å². The summed E-state index contributed by atoms with van der Waals surface area (Å²) in [7, 11) is 1.38. The second kappa shape index (κ2) is 6.52. The predicted molar refractivity (Wildman–Crippen MR) is 74.3 cm³/mol. The largest absolute Gasteiger partial charge is 0.465 e. The van der Waals surface area contributed by atoms with Gasteiger partial charge in [0, 0.05) is 25.3 Å². The molecule has 0 radical (unpaired) electrons. The number of ether oxygens (including phenoxy) is 1. The van der Waals surface area contributed by atoms with Crippen LogP contribution in [-0.2, 0) is 4.74 Å². The van der Waals surface area contributed by atoms with Crippen molar-refractivity contribution in [2.75, 3.05) is 32.1 Å². The Labute approximate surface area is 114 Å². The second-order valence-electron chi connectivity index (χ2n) is 4.68. The highest BCUT2D eigenvalue weighted by Gasteiger charge is 2.27. The topological polar surface area (TPSA) is 54.5 Å². The van der Waals surface area contributed by atoms with E-state index < -0.39 is 0 Å². The molecule has 0 atom stereocenters. The summed E-state index contributed by atoms with van der Waals surface area (Å²) in [5.41, 5.74) is 0.486. The zero-order valence-corrected chi connectivity index (χ0v) is 11.6. The monoisotopic (exact) mass is 263 g/mol. The molecule has 1 fully saturated rings. The molecule has 0 aliphatic heterocycles. The van der Waals surface area contributed by atoms with E-state index in [4.69, 9.17) is 4.74 Å². The Morgan fingerprint density at radius 1 is 1.58 bits per heavy atom. The molecule has 0 amide bonds. The van der Waals surface area contributed by atoms with E-state index in [0.717, 1.165) is 25.7 Å². The van der Waals surface area contributed by atoms with Crippen LogP contribution in [0, 0.1) is 0 Å². The third-order valence-corrected chi connectivity index (χ3v) is 3.37. The van der Waals surface area contributed by atoms with Crippen LogP contribution in [0.2, 0.25) is 0 Å². The Kier molecular flexibility index (Phi) is 4.74. The summed E-state index contributed by atoms with van der Waals surface area (Å²) in [5.74, 6) is 0.242. The van der Waals surface area contributed by atoms with Crippen LogP contribution in [0.4, 0.5) is 5.82 Å². The lowest BCUT2D eigenvalue weighted by atomic mass is 10.2. The standard InChI is InChI=1S/C14H21N3O2/c1-3-17(11-6-7-11)10-9-16-13-12(14(18)19-2)5-4-8-15-13/h4-5,8,11H,3,6-7,9-10H2,1-2H3,(H,15,16). The van der Waals surface area contributed by atoms with Crippen LogP contribution in [0.5, 0.6) is 0 Å². The summed E-state index contributed by atoms with van der Waals surface area (Å²) >= 11 is 0. The lowest BCUT2D eigenvalue weighted by molar-refractivity contribution is 0.0601. The molecule has 5 heteroatoms. The first-order valence-corrected chi connectivity index (χ1v) is 6.77. The molecule has 0 aromatic carbocycles. The first-order valence-electron chi connectivity index (χ1n) is 6.77. The molecule has 0 saturated heterocycles. The van der Waals surface area contributed by atoms with Crippen molar-refractivity contribution in [1.29, 1.82) is 0 Å². The fourth-order valence-electron chi connectivity index (χ4n) is 2.18. The molecule has 1 aliphatic rings. The average molecular weight is 263 g/mol. The molecule has 1 saturated carbocycles. The number of carbonyl (C=O) groups is 1. The van der Waals surface area contributed by atoms with Gasteiger partial charge in [0.25, 0.3) is 0 Å². The summed E-state index contributed by atoms with van der Waals surface area (Å²) in [4.78, 5) is 18.2. The number of methoxy groups -OCH3 is 1. The number of esters is 1. The van der Waals surface area contributed by atoms with Crippen molar-refractivity contribution in [2.45, 2.75) is 25.8 Å². The minimum atomic E-state index is -0.356. The Hall–Kier alpha value is -1.62. The highest BCUT2D eigenvalue weighted by molar-refractivity contribution is 5.94. The van der Waals surface area contributed by atoms with Gasteiger partial charge in [-0.1, -0.05) is 6.92 Å². The second-order valence-corrected chi connectivity index (χ2v) is 4.68. The molecule has 0 bridgehead atoms. The number of likely N-dealkylation sites (N-methyl/N-ethyl adjacent to an activating group) is 1. The summed E-state index contributed by atoms with van der Waals surface area (Å²) in [5, 5.41) is 3.22. The van der Waals surface area contributed by atoms with Gasteiger partial charge in [0.05, 0.1) is 7.11 Å². The summed E-state index contributed by atoms with van der Waals surface area (Å²) in [6.07, 6.45) is 4.29. The van der Waals surface area contributed by atoms with Crippen molar-refractivity contribution < 1.29 is 9.53 Å². The van der Waals surface area contributed by atoms with Gasteiger partial charge in [0.1, 0.15) is 11.4 Å². The molecular weight excluding hydrogens is 242 g/mol. The summed E-state index contributed by atoms with van der Waals surface area (Å²) < 4.78 is 4.74. The SMILES string of the molecule is CCN(CCNc1ncccc1C(=O)OC)C1CC1. The molecule has 19 heavy (non-hydrogen) atoms. The van der Waals surface area contributed by atoms with Crippen molar-refractivity contribution in [2.24, 2.45) is 0 Å². The third-order valence-electron chi connectivity index (χ3n) is 3.37. The zero-order chi connectivity index (χ0) is 13.7. The summed E-state index contributed by atoms with van der Waals surface area (Å²) in [6.45, 7) is 5.00. The Morgan fingerprint density at radius 3 is 3.00 bits per heavy atom. The fourth-order valence-corrected chi connectivity index (χ4v) is 2.18. The molecular formula is C14H21N3O2. The Balaban J connectivity index is 1.89. The molecule has 0 spiro atoms. The normalized spacial score (nSPS) is 14.5. The van der Waals surface area contributed by atoms with Gasteiger partial charge in [-0.25, -0.2) is 9.78 Å². The molecule has 1 aromatic heterocycles. The van der Waals surface area contributed by atoms with Gasteiger partial charge >= 0.3 is 5.97 Å². The minimum absolute atomic E-state index is 0.356. The van der Waals surface area contributed by atoms with E-state index in [0.29, 0.717) is 11.4 Å². The molecule has 104 valence electrons. The number of anilines is 1. The van der Waals surface area contributed by atoms with Crippen LogP contribution in [-0.4, -0.2) is 48.6 Å². The number of nitrogens with zero attached hydrogens (tertiary/aromatic N) is 2. The molecule has 1 N–H and O–H groups in total. The minimum Gasteiger partial charge on any atom is -0.465 e. The van der Waals surface area contributed by atoms with Gasteiger partial charge in [-0.3, -0.25) is 4.90 Å². The van der Waals surface area contributed by atoms with Gasteiger partial charge < -0.3 is 10.1 Å². The molecule has 1 heterocycles. The quantitative estimate of drug-likeness (QED) is 0.760. The molecule has 0 unspecified atom stereocenters. The average Bonchev–Trinajstić information content (AvgIpc) is 3.28. The van der Waals surface area contributed by atoms with E-state index in [1.54, 1.807) is 18.3 Å². The smallest absolute Gasteiger partial charge is 0.341 e. The highest BCUT2D eigenvalue weighted by atomic mass is 16.5. The maximum atomic E-state index is 11.6. The fraction of sp³-hybridized carbons (Fsp3) is 0.571. The van der Waals surface area contributed by atoms with Gasteiger partial charge in [0.2, 0.25) is 0 Å². The maximum absolute atomic E-state index is 11.6. The van der Waals surface area contributed by atoms with E-state index >= 15 is 0 Å². The number of carbonyl (C=O) groups excluding carboxylic acids is 1. The van der Waals surface area contributed by atoms with Gasteiger partial charge in [-0.15, -0.1) is 0 Å². The lowest BCUT2D eigenvalue weighted by Gasteiger charge is -2.20. The van der Waals surface area contributed by atoms with Crippen LogP contribution in [0.3, 0.4) is 0 Å². The number of aromatic nitrogens is 1. The van der Waals surface area contributed by atoms with E-state index in [1.807, 2.05) is 0 Å². The van der Waals surface area contributed by atoms with Crippen LogP contribution >= 0.6 is 0 Å². The third kappa shape index (κ3) is 3.67. The number of hydrogen-bond donors (Lipinski definition) is 1. The summed E-state index contributed by atoms with van der Waals surface area (Å²) in [6, 6.07) is 4.22. The van der Waals surface area contributed by atoms with Crippen molar-refractivity contribution in [3.63, 3.8) is 0 Å². The predicted octanol–water partition coefficient (Wildman–Crippen LogP) is 1.76. The number of rotatable bonds is 7. The van der Waals surface area contributed by atoms with E-state index in [2.05, 4.69) is 22.1 Å². The first-order chi connectivity index (χ1) is 9.26. The Bertz CT molecular complexity index is 432. The molecule has 5 nitrogen and oxygen atoms in total. The van der Waals surface area contributed by atoms with Crippen molar-refractivity contribution in [3.8, 4) is 0 Å². The lowest BCUT2D eigenvalue weighted by Crippen LogP contribution is -2.31.